The van der Waals surface area contributed by atoms with Crippen molar-refractivity contribution in [1.82, 2.24) is 0 Å². The van der Waals surface area contributed by atoms with Crippen LogP contribution in [0.5, 0.6) is 11.5 Å². The molecule has 0 amide bonds. The Labute approximate surface area is 151 Å². The van der Waals surface area contributed by atoms with Gasteiger partial charge in [0.25, 0.3) is 0 Å². The number of hydrogen-bond acceptors (Lipinski definition) is 6. The maximum atomic E-state index is 12.1. The molecule has 1 aliphatic rings. The van der Waals surface area contributed by atoms with Gasteiger partial charge in [-0.25, -0.2) is 0 Å². The number of ketones is 1. The van der Waals surface area contributed by atoms with Crippen LogP contribution in [-0.4, -0.2) is 43.0 Å². The van der Waals surface area contributed by atoms with Crippen molar-refractivity contribution in [3.05, 3.63) is 65.0 Å². The SMILES string of the molecule is CC(C)=CCC1(O)C(=O)C=CC(=C(O)C=Cc2ccc(O)c(O)c2)C1O. The van der Waals surface area contributed by atoms with E-state index in [1.807, 2.05) is 13.8 Å². The highest BCUT2D eigenvalue weighted by Crippen LogP contribution is 2.31. The molecule has 5 N–H and O–H groups in total. The van der Waals surface area contributed by atoms with E-state index in [9.17, 15) is 30.3 Å². The lowest BCUT2D eigenvalue weighted by Crippen LogP contribution is -2.51. The van der Waals surface area contributed by atoms with Crippen molar-refractivity contribution in [3.63, 3.8) is 0 Å². The van der Waals surface area contributed by atoms with Crippen LogP contribution < -0.4 is 0 Å². The molecule has 138 valence electrons. The Balaban J connectivity index is 2.34. The van der Waals surface area contributed by atoms with E-state index < -0.39 is 17.5 Å². The molecule has 0 saturated carbocycles. The zero-order valence-electron chi connectivity index (χ0n) is 14.5. The molecule has 1 aromatic carbocycles. The number of carbonyl (C=O) groups is 1. The summed E-state index contributed by atoms with van der Waals surface area (Å²) < 4.78 is 0. The minimum atomic E-state index is -2.04. The van der Waals surface area contributed by atoms with Crippen LogP contribution in [0, 0.1) is 0 Å². The van der Waals surface area contributed by atoms with Gasteiger partial charge in [-0.3, -0.25) is 4.79 Å². The molecule has 0 saturated heterocycles. The number of hydrogen-bond donors (Lipinski definition) is 5. The fourth-order valence-corrected chi connectivity index (χ4v) is 2.51. The predicted molar refractivity (Wildman–Crippen MR) is 97.6 cm³/mol. The maximum Gasteiger partial charge on any atom is 0.190 e. The van der Waals surface area contributed by atoms with Crippen molar-refractivity contribution < 1.29 is 30.3 Å². The Morgan fingerprint density at radius 3 is 2.50 bits per heavy atom. The third-order valence-corrected chi connectivity index (χ3v) is 4.14. The summed E-state index contributed by atoms with van der Waals surface area (Å²) in [4.78, 5) is 12.1. The van der Waals surface area contributed by atoms with Gasteiger partial charge in [-0.2, -0.15) is 0 Å². The number of rotatable bonds is 4. The molecule has 26 heavy (non-hydrogen) atoms. The molecule has 1 aromatic rings. The standard InChI is InChI=1S/C20H22O6/c1-12(2)9-10-20(26)18(24)8-5-14(19(20)25)15(21)6-3-13-4-7-16(22)17(23)11-13/h3-9,11,19,21-23,25-26H,10H2,1-2H3. The molecular formula is C20H22O6. The Hall–Kier alpha value is -2.83. The van der Waals surface area contributed by atoms with E-state index >= 15 is 0 Å². The topological polar surface area (TPSA) is 118 Å². The van der Waals surface area contributed by atoms with E-state index in [1.165, 1.54) is 36.4 Å². The molecule has 0 fully saturated rings. The lowest BCUT2D eigenvalue weighted by molar-refractivity contribution is -0.142. The number of phenols is 2. The summed E-state index contributed by atoms with van der Waals surface area (Å²) in [5, 5.41) is 50.1. The Morgan fingerprint density at radius 1 is 1.19 bits per heavy atom. The Bertz CT molecular complexity index is 827. The fourth-order valence-electron chi connectivity index (χ4n) is 2.51. The van der Waals surface area contributed by atoms with Crippen LogP contribution in [0.1, 0.15) is 25.8 Å². The van der Waals surface area contributed by atoms with E-state index in [4.69, 9.17) is 0 Å². The molecule has 0 spiro atoms. The van der Waals surface area contributed by atoms with E-state index in [-0.39, 0.29) is 29.3 Å². The Kier molecular flexibility index (Phi) is 5.69. The van der Waals surface area contributed by atoms with Gasteiger partial charge in [-0.15, -0.1) is 0 Å². The third kappa shape index (κ3) is 4.04. The zero-order chi connectivity index (χ0) is 19.5. The molecular weight excluding hydrogens is 336 g/mol. The minimum absolute atomic E-state index is 0.00788. The summed E-state index contributed by atoms with van der Waals surface area (Å²) >= 11 is 0. The number of aromatic hydroxyl groups is 2. The van der Waals surface area contributed by atoms with Gasteiger partial charge >= 0.3 is 0 Å². The van der Waals surface area contributed by atoms with Gasteiger partial charge < -0.3 is 25.5 Å². The van der Waals surface area contributed by atoms with Crippen molar-refractivity contribution in [2.75, 3.05) is 0 Å². The number of aliphatic hydroxyl groups excluding tert-OH is 2. The van der Waals surface area contributed by atoms with Gasteiger partial charge in [0.2, 0.25) is 0 Å². The zero-order valence-corrected chi connectivity index (χ0v) is 14.5. The highest BCUT2D eigenvalue weighted by molar-refractivity contribution is 6.00. The number of aliphatic hydroxyl groups is 3. The second-order valence-electron chi connectivity index (χ2n) is 6.43. The summed E-state index contributed by atoms with van der Waals surface area (Å²) in [6.07, 6.45) is 5.08. The predicted octanol–water partition coefficient (Wildman–Crippen LogP) is 2.51. The van der Waals surface area contributed by atoms with Crippen LogP contribution >= 0.6 is 0 Å². The molecule has 0 heterocycles. The summed E-state index contributed by atoms with van der Waals surface area (Å²) in [7, 11) is 0. The monoisotopic (exact) mass is 358 g/mol. The Morgan fingerprint density at radius 2 is 1.88 bits per heavy atom. The first kappa shape index (κ1) is 19.5. The number of benzene rings is 1. The average Bonchev–Trinajstić information content (AvgIpc) is 2.59. The van der Waals surface area contributed by atoms with Crippen LogP contribution in [0.2, 0.25) is 0 Å². The maximum absolute atomic E-state index is 12.1. The number of phenolic OH excluding ortho intramolecular Hbond substituents is 2. The highest BCUT2D eigenvalue weighted by atomic mass is 16.4. The quantitative estimate of drug-likeness (QED) is 0.321. The van der Waals surface area contributed by atoms with Crippen molar-refractivity contribution in [1.29, 1.82) is 0 Å². The molecule has 6 heteroatoms. The van der Waals surface area contributed by atoms with Gasteiger partial charge in [0.05, 0.1) is 0 Å². The first-order valence-electron chi connectivity index (χ1n) is 8.04. The van der Waals surface area contributed by atoms with E-state index in [0.29, 0.717) is 5.56 Å². The lowest BCUT2D eigenvalue weighted by atomic mass is 9.79. The van der Waals surface area contributed by atoms with Gasteiger partial charge in [-0.1, -0.05) is 23.8 Å². The first-order valence-corrected chi connectivity index (χ1v) is 8.04. The van der Waals surface area contributed by atoms with Gasteiger partial charge in [0.15, 0.2) is 22.9 Å². The van der Waals surface area contributed by atoms with Crippen LogP contribution in [0.4, 0.5) is 0 Å². The number of carbonyl (C=O) groups excluding carboxylic acids is 1. The molecule has 2 rings (SSSR count). The molecule has 2 unspecified atom stereocenters. The van der Waals surface area contributed by atoms with Crippen LogP contribution in [0.25, 0.3) is 6.08 Å². The second-order valence-corrected chi connectivity index (χ2v) is 6.43. The molecule has 0 aliphatic heterocycles. The van der Waals surface area contributed by atoms with Gasteiger partial charge in [0.1, 0.15) is 11.9 Å². The summed E-state index contributed by atoms with van der Waals surface area (Å²) in [5.41, 5.74) is -0.652. The molecule has 2 atom stereocenters. The smallest absolute Gasteiger partial charge is 0.190 e. The summed E-state index contributed by atoms with van der Waals surface area (Å²) in [6.45, 7) is 3.62. The van der Waals surface area contributed by atoms with Crippen LogP contribution in [0.15, 0.2) is 59.4 Å². The second kappa shape index (κ2) is 7.59. The van der Waals surface area contributed by atoms with Crippen LogP contribution in [-0.2, 0) is 4.79 Å². The van der Waals surface area contributed by atoms with Crippen molar-refractivity contribution in [3.8, 4) is 11.5 Å². The minimum Gasteiger partial charge on any atom is -0.508 e. The van der Waals surface area contributed by atoms with Gasteiger partial charge in [-0.05, 0) is 49.8 Å². The van der Waals surface area contributed by atoms with E-state index in [2.05, 4.69) is 0 Å². The average molecular weight is 358 g/mol. The molecule has 0 aromatic heterocycles. The summed E-state index contributed by atoms with van der Waals surface area (Å²) in [5.74, 6) is -1.53. The third-order valence-electron chi connectivity index (χ3n) is 4.14. The van der Waals surface area contributed by atoms with Crippen molar-refractivity contribution in [2.24, 2.45) is 0 Å². The fraction of sp³-hybridized carbons (Fsp3) is 0.250. The van der Waals surface area contributed by atoms with E-state index in [0.717, 1.165) is 11.6 Å². The van der Waals surface area contributed by atoms with Crippen molar-refractivity contribution >= 4 is 11.9 Å². The lowest BCUT2D eigenvalue weighted by Gasteiger charge is -2.33. The summed E-state index contributed by atoms with van der Waals surface area (Å²) in [6, 6.07) is 4.11. The molecule has 6 nitrogen and oxygen atoms in total. The van der Waals surface area contributed by atoms with Crippen molar-refractivity contribution in [2.45, 2.75) is 32.0 Å². The van der Waals surface area contributed by atoms with E-state index in [1.54, 1.807) is 6.08 Å². The van der Waals surface area contributed by atoms with Crippen LogP contribution in [0.3, 0.4) is 0 Å². The largest absolute Gasteiger partial charge is 0.508 e. The first-order chi connectivity index (χ1) is 12.1. The normalized spacial score (nSPS) is 24.8. The number of allylic oxidation sites excluding steroid dienone is 2. The molecule has 1 aliphatic carbocycles. The highest BCUT2D eigenvalue weighted by Gasteiger charge is 2.45. The van der Waals surface area contributed by atoms with Gasteiger partial charge in [0, 0.05) is 12.0 Å². The molecule has 0 radical (unpaired) electrons. The molecule has 0 bridgehead atoms.